The van der Waals surface area contributed by atoms with Crippen molar-refractivity contribution < 1.29 is 14.4 Å². The van der Waals surface area contributed by atoms with E-state index >= 15 is 0 Å². The predicted molar refractivity (Wildman–Crippen MR) is 117 cm³/mol. The van der Waals surface area contributed by atoms with Crippen molar-refractivity contribution in [2.45, 2.75) is 12.8 Å². The highest BCUT2D eigenvalue weighted by molar-refractivity contribution is 6.22. The molecule has 1 saturated heterocycles. The van der Waals surface area contributed by atoms with Gasteiger partial charge in [0.15, 0.2) is 0 Å². The number of halogens is 1. The van der Waals surface area contributed by atoms with E-state index in [2.05, 4.69) is 5.32 Å². The van der Waals surface area contributed by atoms with Crippen LogP contribution in [-0.2, 0) is 6.42 Å². The van der Waals surface area contributed by atoms with Crippen LogP contribution in [-0.4, -0.2) is 60.7 Å². The first-order valence-electron chi connectivity index (χ1n) is 10.1. The molecular formula is C23H26ClN3O3. The maximum absolute atomic E-state index is 12.9. The Morgan fingerprint density at radius 1 is 1.07 bits per heavy atom. The Kier molecular flexibility index (Phi) is 6.90. The summed E-state index contributed by atoms with van der Waals surface area (Å²) in [6.45, 7) is 2.65. The average Bonchev–Trinajstić information content (AvgIpc) is 3.30. The van der Waals surface area contributed by atoms with Gasteiger partial charge in [0.2, 0.25) is 0 Å². The Morgan fingerprint density at radius 2 is 1.80 bits per heavy atom. The minimum atomic E-state index is -0.315. The molecule has 158 valence electrons. The van der Waals surface area contributed by atoms with Crippen LogP contribution in [0.15, 0.2) is 48.5 Å². The Bertz CT molecular complexity index is 948. The molecule has 30 heavy (non-hydrogen) atoms. The number of hydrogen-bond donors (Lipinski definition) is 1. The molecule has 2 aliphatic heterocycles. The molecule has 7 heteroatoms. The van der Waals surface area contributed by atoms with Crippen molar-refractivity contribution in [3.05, 3.63) is 70.8 Å². The van der Waals surface area contributed by atoms with Crippen molar-refractivity contribution >= 4 is 30.1 Å². The highest BCUT2D eigenvalue weighted by atomic mass is 35.5. The van der Waals surface area contributed by atoms with Crippen LogP contribution in [0.3, 0.4) is 0 Å². The van der Waals surface area contributed by atoms with Gasteiger partial charge in [-0.3, -0.25) is 19.3 Å². The number of carbonyl (C=O) groups excluding carboxylic acids is 3. The molecule has 2 heterocycles. The maximum atomic E-state index is 12.9. The number of rotatable bonds is 6. The zero-order valence-electron chi connectivity index (χ0n) is 17.0. The summed E-state index contributed by atoms with van der Waals surface area (Å²) in [5.74, 6) is -0.218. The van der Waals surface area contributed by atoms with Crippen molar-refractivity contribution in [3.63, 3.8) is 0 Å². The molecule has 1 unspecified atom stereocenters. The van der Waals surface area contributed by atoms with Crippen molar-refractivity contribution in [2.75, 3.05) is 33.2 Å². The largest absolute Gasteiger partial charge is 0.338 e. The Morgan fingerprint density at radius 3 is 2.53 bits per heavy atom. The standard InChI is InChI=1S/C23H25N3O3.ClH/c1-24-14-17-9-11-25(15-17)21(27)18-7-8-19-20(13-18)23(29)26(22(19)28)12-10-16-5-3-2-4-6-16;/h2-8,13,17,24H,9-12,14-15H2,1H3;1H. The van der Waals surface area contributed by atoms with Crippen molar-refractivity contribution in [1.82, 2.24) is 15.1 Å². The van der Waals surface area contributed by atoms with Gasteiger partial charge in [-0.15, -0.1) is 12.4 Å². The third kappa shape index (κ3) is 4.25. The van der Waals surface area contributed by atoms with Crippen LogP contribution in [0, 0.1) is 5.92 Å². The molecule has 0 radical (unpaired) electrons. The van der Waals surface area contributed by atoms with E-state index in [0.29, 0.717) is 42.1 Å². The number of nitrogens with one attached hydrogen (secondary N) is 1. The monoisotopic (exact) mass is 427 g/mol. The lowest BCUT2D eigenvalue weighted by molar-refractivity contribution is 0.0655. The van der Waals surface area contributed by atoms with Gasteiger partial charge in [-0.1, -0.05) is 30.3 Å². The normalized spacial score (nSPS) is 17.8. The second-order valence-electron chi connectivity index (χ2n) is 7.72. The Balaban J connectivity index is 0.00000256. The minimum absolute atomic E-state index is 0. The number of fused-ring (bicyclic) bond motifs is 1. The van der Waals surface area contributed by atoms with Crippen molar-refractivity contribution in [1.29, 1.82) is 0 Å². The van der Waals surface area contributed by atoms with E-state index in [1.54, 1.807) is 18.2 Å². The Hall–Kier alpha value is -2.70. The summed E-state index contributed by atoms with van der Waals surface area (Å²) in [5, 5.41) is 3.16. The van der Waals surface area contributed by atoms with Crippen LogP contribution in [0.5, 0.6) is 0 Å². The van der Waals surface area contributed by atoms with Crippen molar-refractivity contribution in [2.24, 2.45) is 5.92 Å². The fourth-order valence-corrected chi connectivity index (χ4v) is 4.17. The molecule has 1 N–H and O–H groups in total. The third-order valence-corrected chi connectivity index (χ3v) is 5.75. The second-order valence-corrected chi connectivity index (χ2v) is 7.72. The number of nitrogens with zero attached hydrogens (tertiary/aromatic N) is 2. The van der Waals surface area contributed by atoms with E-state index in [-0.39, 0.29) is 30.1 Å². The van der Waals surface area contributed by atoms with Crippen LogP contribution >= 0.6 is 12.4 Å². The fourth-order valence-electron chi connectivity index (χ4n) is 4.17. The van der Waals surface area contributed by atoms with Gasteiger partial charge in [-0.2, -0.15) is 0 Å². The van der Waals surface area contributed by atoms with Gasteiger partial charge in [0, 0.05) is 25.2 Å². The molecule has 0 aromatic heterocycles. The smallest absolute Gasteiger partial charge is 0.261 e. The van der Waals surface area contributed by atoms with Crippen LogP contribution in [0.4, 0.5) is 0 Å². The highest BCUT2D eigenvalue weighted by Gasteiger charge is 2.36. The molecule has 3 amide bonds. The second kappa shape index (κ2) is 9.41. The van der Waals surface area contributed by atoms with Gasteiger partial charge in [0.25, 0.3) is 17.7 Å². The van der Waals surface area contributed by atoms with Gasteiger partial charge >= 0.3 is 0 Å². The SMILES string of the molecule is CNCC1CCN(C(=O)c2ccc3c(c2)C(=O)N(CCc2ccccc2)C3=O)C1.Cl. The van der Waals surface area contributed by atoms with Crippen molar-refractivity contribution in [3.8, 4) is 0 Å². The number of benzene rings is 2. The molecule has 0 spiro atoms. The quantitative estimate of drug-likeness (QED) is 0.719. The summed E-state index contributed by atoms with van der Waals surface area (Å²) in [7, 11) is 1.91. The van der Waals surface area contributed by atoms with E-state index in [9.17, 15) is 14.4 Å². The summed E-state index contributed by atoms with van der Waals surface area (Å²) < 4.78 is 0. The van der Waals surface area contributed by atoms with Crippen LogP contribution in [0.2, 0.25) is 0 Å². The summed E-state index contributed by atoms with van der Waals surface area (Å²) in [4.78, 5) is 41.5. The molecule has 0 bridgehead atoms. The lowest BCUT2D eigenvalue weighted by Gasteiger charge is -2.17. The molecular weight excluding hydrogens is 402 g/mol. The number of hydrogen-bond acceptors (Lipinski definition) is 4. The highest BCUT2D eigenvalue weighted by Crippen LogP contribution is 2.26. The van der Waals surface area contributed by atoms with Gasteiger partial charge in [0.1, 0.15) is 0 Å². The maximum Gasteiger partial charge on any atom is 0.261 e. The Labute approximate surface area is 182 Å². The molecule has 6 nitrogen and oxygen atoms in total. The average molecular weight is 428 g/mol. The number of likely N-dealkylation sites (tertiary alicyclic amines) is 1. The molecule has 2 aromatic rings. The van der Waals surface area contributed by atoms with E-state index < -0.39 is 0 Å². The van der Waals surface area contributed by atoms with Crippen LogP contribution in [0.1, 0.15) is 43.1 Å². The first kappa shape index (κ1) is 22.0. The lowest BCUT2D eigenvalue weighted by Crippen LogP contribution is -2.31. The first-order chi connectivity index (χ1) is 14.1. The molecule has 2 aromatic carbocycles. The first-order valence-corrected chi connectivity index (χ1v) is 10.1. The molecule has 4 rings (SSSR count). The number of carbonyl (C=O) groups is 3. The van der Waals surface area contributed by atoms with Crippen LogP contribution < -0.4 is 5.32 Å². The summed E-state index contributed by atoms with van der Waals surface area (Å²) >= 11 is 0. The zero-order valence-corrected chi connectivity index (χ0v) is 17.8. The topological polar surface area (TPSA) is 69.7 Å². The number of imide groups is 1. The number of amides is 3. The molecule has 1 fully saturated rings. The van der Waals surface area contributed by atoms with Crippen LogP contribution in [0.25, 0.3) is 0 Å². The summed E-state index contributed by atoms with van der Waals surface area (Å²) in [6.07, 6.45) is 1.58. The van der Waals surface area contributed by atoms with Gasteiger partial charge in [-0.25, -0.2) is 0 Å². The summed E-state index contributed by atoms with van der Waals surface area (Å²) in [6, 6.07) is 14.6. The van der Waals surface area contributed by atoms with E-state index in [4.69, 9.17) is 0 Å². The third-order valence-electron chi connectivity index (χ3n) is 5.75. The molecule has 2 aliphatic rings. The fraction of sp³-hybridized carbons (Fsp3) is 0.348. The van der Waals surface area contributed by atoms with E-state index in [1.807, 2.05) is 42.3 Å². The molecule has 0 aliphatic carbocycles. The zero-order chi connectivity index (χ0) is 20.4. The van der Waals surface area contributed by atoms with E-state index in [1.165, 1.54) is 4.90 Å². The van der Waals surface area contributed by atoms with Gasteiger partial charge in [-0.05, 0) is 56.1 Å². The predicted octanol–water partition coefficient (Wildman–Crippen LogP) is 2.63. The van der Waals surface area contributed by atoms with E-state index in [0.717, 1.165) is 25.1 Å². The lowest BCUT2D eigenvalue weighted by atomic mass is 10.0. The minimum Gasteiger partial charge on any atom is -0.338 e. The molecule has 1 atom stereocenters. The van der Waals surface area contributed by atoms with Gasteiger partial charge < -0.3 is 10.2 Å². The molecule has 0 saturated carbocycles. The van der Waals surface area contributed by atoms with Gasteiger partial charge in [0.05, 0.1) is 11.1 Å². The summed E-state index contributed by atoms with van der Waals surface area (Å²) in [5.41, 5.74) is 2.26.